The molecule has 1 saturated heterocycles. The standard InChI is InChI=1S/C15H24N4O2.C2HF3O2/c1-4-11(2)19-9-12-13(10-19)17(3)16-14(12)15(20)18-5-7-21-8-6-18;3-2(4,5)1(6)7/h11H,4-10H2,1-3H3;(H,6,7). The van der Waals surface area contributed by atoms with Gasteiger partial charge in [0.2, 0.25) is 0 Å². The second kappa shape index (κ2) is 8.91. The molecule has 8 nitrogen and oxygen atoms in total. The van der Waals surface area contributed by atoms with Crippen LogP contribution in [0.2, 0.25) is 0 Å². The lowest BCUT2D eigenvalue weighted by Crippen LogP contribution is -2.41. The Morgan fingerprint density at radius 3 is 2.32 bits per heavy atom. The number of rotatable bonds is 3. The van der Waals surface area contributed by atoms with Gasteiger partial charge >= 0.3 is 12.1 Å². The van der Waals surface area contributed by atoms with Gasteiger partial charge in [0.1, 0.15) is 0 Å². The fraction of sp³-hybridized carbons (Fsp3) is 0.706. The Kier molecular flexibility index (Phi) is 7.05. The van der Waals surface area contributed by atoms with E-state index < -0.39 is 12.1 Å². The summed E-state index contributed by atoms with van der Waals surface area (Å²) in [4.78, 5) is 25.9. The van der Waals surface area contributed by atoms with Gasteiger partial charge in [0.25, 0.3) is 5.91 Å². The van der Waals surface area contributed by atoms with Gasteiger partial charge in [-0.1, -0.05) is 6.92 Å². The largest absolute Gasteiger partial charge is 0.490 e. The number of carboxylic acids is 1. The number of halogens is 3. The Labute approximate surface area is 160 Å². The molecule has 0 radical (unpaired) electrons. The first-order valence-corrected chi connectivity index (χ1v) is 9.02. The summed E-state index contributed by atoms with van der Waals surface area (Å²) in [6, 6.07) is 0.531. The summed E-state index contributed by atoms with van der Waals surface area (Å²) in [6.07, 6.45) is -3.96. The van der Waals surface area contributed by atoms with Crippen LogP contribution in [0.3, 0.4) is 0 Å². The molecule has 1 unspecified atom stereocenters. The molecule has 1 amide bonds. The lowest BCUT2D eigenvalue weighted by Gasteiger charge is -2.26. The number of hydrogen-bond acceptors (Lipinski definition) is 5. The number of carboxylic acid groups (broad SMARTS) is 1. The maximum absolute atomic E-state index is 12.7. The zero-order chi connectivity index (χ0) is 21.1. The smallest absolute Gasteiger partial charge is 0.475 e. The lowest BCUT2D eigenvalue weighted by molar-refractivity contribution is -0.192. The summed E-state index contributed by atoms with van der Waals surface area (Å²) >= 11 is 0. The molecule has 0 aromatic carbocycles. The average Bonchev–Trinajstić information content (AvgIpc) is 3.22. The zero-order valence-electron chi connectivity index (χ0n) is 16.1. The molecule has 158 valence electrons. The molecule has 1 aromatic heterocycles. The fourth-order valence-electron chi connectivity index (χ4n) is 3.08. The molecule has 3 heterocycles. The van der Waals surface area contributed by atoms with Gasteiger partial charge in [-0.3, -0.25) is 14.4 Å². The number of morpholine rings is 1. The van der Waals surface area contributed by atoms with Crippen molar-refractivity contribution >= 4 is 11.9 Å². The Balaban J connectivity index is 0.000000345. The summed E-state index contributed by atoms with van der Waals surface area (Å²) < 4.78 is 38.9. The van der Waals surface area contributed by atoms with Crippen LogP contribution in [-0.4, -0.2) is 75.1 Å². The third kappa shape index (κ3) is 5.02. The van der Waals surface area contributed by atoms with E-state index in [0.29, 0.717) is 38.0 Å². The normalized spacial score (nSPS) is 18.3. The van der Waals surface area contributed by atoms with E-state index in [-0.39, 0.29) is 5.91 Å². The minimum atomic E-state index is -5.08. The molecule has 28 heavy (non-hydrogen) atoms. The van der Waals surface area contributed by atoms with Crippen LogP contribution < -0.4 is 0 Å². The van der Waals surface area contributed by atoms with Gasteiger partial charge in [0.15, 0.2) is 5.69 Å². The highest BCUT2D eigenvalue weighted by molar-refractivity contribution is 5.94. The molecule has 1 fully saturated rings. The van der Waals surface area contributed by atoms with E-state index in [1.165, 1.54) is 5.69 Å². The maximum atomic E-state index is 12.7. The Hall–Kier alpha value is -2.14. The van der Waals surface area contributed by atoms with Crippen molar-refractivity contribution in [3.05, 3.63) is 17.0 Å². The third-order valence-corrected chi connectivity index (χ3v) is 4.95. The van der Waals surface area contributed by atoms with E-state index in [4.69, 9.17) is 14.6 Å². The van der Waals surface area contributed by atoms with E-state index in [0.717, 1.165) is 25.1 Å². The minimum absolute atomic E-state index is 0.0566. The van der Waals surface area contributed by atoms with E-state index >= 15 is 0 Å². The molecule has 0 aliphatic carbocycles. The SMILES string of the molecule is CCC(C)N1Cc2c(C(=O)N3CCOCC3)nn(C)c2C1.O=C(O)C(F)(F)F. The van der Waals surface area contributed by atoms with Gasteiger partial charge < -0.3 is 14.7 Å². The van der Waals surface area contributed by atoms with Crippen molar-refractivity contribution in [3.63, 3.8) is 0 Å². The molecule has 1 atom stereocenters. The molecule has 0 spiro atoms. The summed E-state index contributed by atoms with van der Waals surface area (Å²) in [5.74, 6) is -2.70. The minimum Gasteiger partial charge on any atom is -0.475 e. The Morgan fingerprint density at radius 1 is 1.25 bits per heavy atom. The monoisotopic (exact) mass is 406 g/mol. The van der Waals surface area contributed by atoms with Crippen LogP contribution in [0, 0.1) is 0 Å². The first-order chi connectivity index (χ1) is 13.1. The van der Waals surface area contributed by atoms with Gasteiger partial charge in [-0.25, -0.2) is 4.79 Å². The van der Waals surface area contributed by atoms with Crippen molar-refractivity contribution in [2.75, 3.05) is 26.3 Å². The summed E-state index contributed by atoms with van der Waals surface area (Å²) in [5, 5.41) is 11.6. The highest BCUT2D eigenvalue weighted by atomic mass is 19.4. The number of carbonyl (C=O) groups is 2. The number of amides is 1. The predicted molar refractivity (Wildman–Crippen MR) is 92.6 cm³/mol. The molecule has 2 aliphatic heterocycles. The number of aryl methyl sites for hydroxylation is 1. The van der Waals surface area contributed by atoms with Gasteiger partial charge in [0.05, 0.1) is 18.9 Å². The van der Waals surface area contributed by atoms with E-state index in [1.54, 1.807) is 0 Å². The van der Waals surface area contributed by atoms with Crippen molar-refractivity contribution in [2.45, 2.75) is 45.6 Å². The molecule has 0 saturated carbocycles. The zero-order valence-corrected chi connectivity index (χ0v) is 16.1. The molecular formula is C17H25F3N4O4. The molecule has 1 aromatic rings. The topological polar surface area (TPSA) is 87.9 Å². The number of nitrogens with zero attached hydrogens (tertiary/aromatic N) is 4. The molecule has 3 rings (SSSR count). The molecule has 1 N–H and O–H groups in total. The second-order valence-corrected chi connectivity index (χ2v) is 6.77. The van der Waals surface area contributed by atoms with Crippen molar-refractivity contribution in [1.29, 1.82) is 0 Å². The van der Waals surface area contributed by atoms with Crippen LogP contribution in [0.4, 0.5) is 13.2 Å². The molecule has 0 bridgehead atoms. The number of alkyl halides is 3. The van der Waals surface area contributed by atoms with Crippen molar-refractivity contribution in [1.82, 2.24) is 19.6 Å². The van der Waals surface area contributed by atoms with Gasteiger partial charge in [-0.2, -0.15) is 18.3 Å². The van der Waals surface area contributed by atoms with Crippen LogP contribution in [0.5, 0.6) is 0 Å². The Bertz CT molecular complexity index is 714. The number of carbonyl (C=O) groups excluding carboxylic acids is 1. The van der Waals surface area contributed by atoms with Crippen LogP contribution in [0.1, 0.15) is 42.0 Å². The number of fused-ring (bicyclic) bond motifs is 1. The fourth-order valence-corrected chi connectivity index (χ4v) is 3.08. The number of aromatic nitrogens is 2. The van der Waals surface area contributed by atoms with Gasteiger partial charge in [-0.15, -0.1) is 0 Å². The van der Waals surface area contributed by atoms with E-state index in [1.807, 2.05) is 16.6 Å². The highest BCUT2D eigenvalue weighted by Crippen LogP contribution is 2.28. The number of ether oxygens (including phenoxy) is 1. The quantitative estimate of drug-likeness (QED) is 0.821. The van der Waals surface area contributed by atoms with Crippen LogP contribution in [0.15, 0.2) is 0 Å². The lowest BCUT2D eigenvalue weighted by atomic mass is 10.2. The van der Waals surface area contributed by atoms with Crippen molar-refractivity contribution < 1.29 is 32.6 Å². The first-order valence-electron chi connectivity index (χ1n) is 9.02. The highest BCUT2D eigenvalue weighted by Gasteiger charge is 2.38. The van der Waals surface area contributed by atoms with Crippen molar-refractivity contribution in [3.8, 4) is 0 Å². The number of hydrogen-bond donors (Lipinski definition) is 1. The van der Waals surface area contributed by atoms with Crippen molar-refractivity contribution in [2.24, 2.45) is 7.05 Å². The van der Waals surface area contributed by atoms with Crippen LogP contribution in [0.25, 0.3) is 0 Å². The van der Waals surface area contributed by atoms with Crippen LogP contribution >= 0.6 is 0 Å². The van der Waals surface area contributed by atoms with Gasteiger partial charge in [-0.05, 0) is 13.3 Å². The molecule has 11 heteroatoms. The van der Waals surface area contributed by atoms with Gasteiger partial charge in [0, 0.05) is 44.8 Å². The first kappa shape index (κ1) is 22.2. The summed E-state index contributed by atoms with van der Waals surface area (Å²) in [6.45, 7) is 8.75. The predicted octanol–water partition coefficient (Wildman–Crippen LogP) is 1.64. The van der Waals surface area contributed by atoms with E-state index in [9.17, 15) is 18.0 Å². The molecule has 2 aliphatic rings. The van der Waals surface area contributed by atoms with Crippen LogP contribution in [-0.2, 0) is 29.7 Å². The Morgan fingerprint density at radius 2 is 1.82 bits per heavy atom. The number of aliphatic carboxylic acids is 1. The second-order valence-electron chi connectivity index (χ2n) is 6.77. The maximum Gasteiger partial charge on any atom is 0.490 e. The van der Waals surface area contributed by atoms with E-state index in [2.05, 4.69) is 23.8 Å². The third-order valence-electron chi connectivity index (χ3n) is 4.95. The summed E-state index contributed by atoms with van der Waals surface area (Å²) in [7, 11) is 1.94. The summed E-state index contributed by atoms with van der Waals surface area (Å²) in [5.41, 5.74) is 2.95. The average molecular weight is 406 g/mol. The molecular weight excluding hydrogens is 381 g/mol.